The van der Waals surface area contributed by atoms with Crippen LogP contribution in [-0.4, -0.2) is 20.3 Å². The summed E-state index contributed by atoms with van der Waals surface area (Å²) in [5.41, 5.74) is -1.30. The highest BCUT2D eigenvalue weighted by Crippen LogP contribution is 2.20. The molecule has 28 heavy (non-hydrogen) atoms. The van der Waals surface area contributed by atoms with Crippen molar-refractivity contribution in [3.8, 4) is 0 Å². The number of aromatic amines is 1. The summed E-state index contributed by atoms with van der Waals surface area (Å²) < 4.78 is 28.4. The molecule has 2 heterocycles. The lowest BCUT2D eigenvalue weighted by Gasteiger charge is -2.17. The predicted octanol–water partition coefficient (Wildman–Crippen LogP) is 2.61. The van der Waals surface area contributed by atoms with E-state index >= 15 is 0 Å². The molecule has 3 aromatic rings. The van der Waals surface area contributed by atoms with Crippen molar-refractivity contribution in [1.29, 1.82) is 0 Å². The lowest BCUT2D eigenvalue weighted by molar-refractivity contribution is 0.102. The zero-order chi connectivity index (χ0) is 20.4. The molecular formula is C20H17F2N3O3. The first-order valence-electron chi connectivity index (χ1n) is 8.54. The van der Waals surface area contributed by atoms with E-state index in [1.165, 1.54) is 6.20 Å². The third kappa shape index (κ3) is 3.80. The fourth-order valence-corrected chi connectivity index (χ4v) is 3.01. The van der Waals surface area contributed by atoms with Crippen LogP contribution in [0.3, 0.4) is 0 Å². The smallest absolute Gasteiger partial charge is 0.287 e. The van der Waals surface area contributed by atoms with Crippen LogP contribution in [0, 0.1) is 11.6 Å². The Hall–Kier alpha value is -3.42. The van der Waals surface area contributed by atoms with Gasteiger partial charge < -0.3 is 0 Å². The Morgan fingerprint density at radius 2 is 1.86 bits per heavy atom. The largest absolute Gasteiger partial charge is 0.329 e. The first-order chi connectivity index (χ1) is 13.3. The number of halogens is 2. The second-order valence-electron chi connectivity index (χ2n) is 6.61. The van der Waals surface area contributed by atoms with Crippen LogP contribution in [0.15, 0.2) is 52.3 Å². The van der Waals surface area contributed by atoms with Gasteiger partial charge >= 0.3 is 5.69 Å². The van der Waals surface area contributed by atoms with Crippen molar-refractivity contribution in [2.45, 2.75) is 26.3 Å². The zero-order valence-electron chi connectivity index (χ0n) is 15.2. The van der Waals surface area contributed by atoms with E-state index < -0.39 is 34.6 Å². The lowest BCUT2D eigenvalue weighted by Crippen LogP contribution is -2.38. The van der Waals surface area contributed by atoms with Crippen LogP contribution < -0.4 is 11.2 Å². The number of nitrogens with zero attached hydrogens (tertiary/aromatic N) is 2. The first kappa shape index (κ1) is 19.3. The number of rotatable bonds is 5. The van der Waals surface area contributed by atoms with E-state index in [2.05, 4.69) is 9.97 Å². The number of carbonyl (C=O) groups is 1. The lowest BCUT2D eigenvalue weighted by atomic mass is 9.96. The maximum Gasteiger partial charge on any atom is 0.329 e. The minimum atomic E-state index is -0.930. The monoisotopic (exact) mass is 385 g/mol. The maximum absolute atomic E-state index is 13.6. The Labute approximate surface area is 158 Å². The van der Waals surface area contributed by atoms with Gasteiger partial charge in [-0.2, -0.15) is 0 Å². The summed E-state index contributed by atoms with van der Waals surface area (Å²) >= 11 is 0. The average molecular weight is 385 g/mol. The molecule has 0 unspecified atom stereocenters. The molecule has 0 aliphatic carbocycles. The highest BCUT2D eigenvalue weighted by Gasteiger charge is 2.25. The Kier molecular flexibility index (Phi) is 5.30. The molecule has 0 bridgehead atoms. The molecule has 0 saturated heterocycles. The van der Waals surface area contributed by atoms with Gasteiger partial charge in [-0.1, -0.05) is 19.9 Å². The van der Waals surface area contributed by atoms with E-state index in [1.807, 2.05) is 0 Å². The van der Waals surface area contributed by atoms with Crippen molar-refractivity contribution in [1.82, 2.24) is 14.5 Å². The van der Waals surface area contributed by atoms with Crippen molar-refractivity contribution in [2.75, 3.05) is 0 Å². The molecule has 0 saturated carbocycles. The molecule has 1 N–H and O–H groups in total. The third-order valence-corrected chi connectivity index (χ3v) is 4.22. The van der Waals surface area contributed by atoms with Crippen molar-refractivity contribution < 1.29 is 13.6 Å². The third-order valence-electron chi connectivity index (χ3n) is 4.22. The van der Waals surface area contributed by atoms with Gasteiger partial charge in [0.25, 0.3) is 5.56 Å². The molecule has 8 heteroatoms. The van der Waals surface area contributed by atoms with Crippen LogP contribution in [0.1, 0.15) is 46.9 Å². The Bertz CT molecular complexity index is 1130. The van der Waals surface area contributed by atoms with E-state index in [-0.39, 0.29) is 23.4 Å². The van der Waals surface area contributed by atoms with Gasteiger partial charge in [0.1, 0.15) is 17.3 Å². The molecule has 144 valence electrons. The standard InChI is InChI=1S/C20H17F2N3O3/c1-11(2)16-17(18(26)13-6-14(21)8-15(22)7-13)25(20(28)24-19(16)27)10-12-4-3-5-23-9-12/h3-9,11H,10H2,1-2H3,(H,24,27,28). The van der Waals surface area contributed by atoms with Crippen LogP contribution in [0.25, 0.3) is 0 Å². The Morgan fingerprint density at radius 1 is 1.18 bits per heavy atom. The van der Waals surface area contributed by atoms with Crippen LogP contribution in [0.2, 0.25) is 0 Å². The van der Waals surface area contributed by atoms with Crippen molar-refractivity contribution >= 4 is 5.78 Å². The minimum absolute atomic E-state index is 0.0396. The highest BCUT2D eigenvalue weighted by atomic mass is 19.1. The van der Waals surface area contributed by atoms with Gasteiger partial charge in [0.15, 0.2) is 0 Å². The quantitative estimate of drug-likeness (QED) is 0.684. The van der Waals surface area contributed by atoms with Crippen molar-refractivity contribution in [3.05, 3.63) is 97.6 Å². The Morgan fingerprint density at radius 3 is 2.43 bits per heavy atom. The molecule has 0 spiro atoms. The zero-order valence-corrected chi connectivity index (χ0v) is 15.2. The topological polar surface area (TPSA) is 84.8 Å². The van der Waals surface area contributed by atoms with Crippen molar-refractivity contribution in [3.63, 3.8) is 0 Å². The number of aromatic nitrogens is 3. The molecular weight excluding hydrogens is 368 g/mol. The van der Waals surface area contributed by atoms with Gasteiger partial charge in [-0.15, -0.1) is 0 Å². The number of hydrogen-bond donors (Lipinski definition) is 1. The molecule has 0 atom stereocenters. The van der Waals surface area contributed by atoms with E-state index in [9.17, 15) is 23.2 Å². The number of nitrogens with one attached hydrogen (secondary N) is 1. The second kappa shape index (κ2) is 7.67. The summed E-state index contributed by atoms with van der Waals surface area (Å²) in [5.74, 6) is -3.09. The van der Waals surface area contributed by atoms with Crippen LogP contribution >= 0.6 is 0 Å². The summed E-state index contributed by atoms with van der Waals surface area (Å²) in [5, 5.41) is 0. The molecule has 1 aromatic carbocycles. The average Bonchev–Trinajstić information content (AvgIpc) is 2.62. The number of carbonyl (C=O) groups excluding carboxylic acids is 1. The van der Waals surface area contributed by atoms with Gasteiger partial charge in [0.05, 0.1) is 6.54 Å². The molecule has 0 aliphatic heterocycles. The summed E-state index contributed by atoms with van der Waals surface area (Å²) in [6.45, 7) is 3.33. The number of hydrogen-bond acceptors (Lipinski definition) is 4. The predicted molar refractivity (Wildman–Crippen MR) is 98.5 cm³/mol. The minimum Gasteiger partial charge on any atom is -0.287 e. The molecule has 0 amide bonds. The van der Waals surface area contributed by atoms with Gasteiger partial charge in [0.2, 0.25) is 5.78 Å². The van der Waals surface area contributed by atoms with Crippen LogP contribution in [0.5, 0.6) is 0 Å². The van der Waals surface area contributed by atoms with E-state index in [4.69, 9.17) is 0 Å². The number of ketones is 1. The molecule has 0 aliphatic rings. The van der Waals surface area contributed by atoms with Gasteiger partial charge in [0, 0.05) is 29.6 Å². The second-order valence-corrected chi connectivity index (χ2v) is 6.61. The summed E-state index contributed by atoms with van der Waals surface area (Å²) in [6, 6.07) is 5.75. The van der Waals surface area contributed by atoms with E-state index in [0.717, 1.165) is 16.7 Å². The summed E-state index contributed by atoms with van der Waals surface area (Å²) in [7, 11) is 0. The maximum atomic E-state index is 13.6. The summed E-state index contributed by atoms with van der Waals surface area (Å²) in [4.78, 5) is 44.2. The molecule has 6 nitrogen and oxygen atoms in total. The summed E-state index contributed by atoms with van der Waals surface area (Å²) in [6.07, 6.45) is 3.07. The fourth-order valence-electron chi connectivity index (χ4n) is 3.01. The van der Waals surface area contributed by atoms with Crippen LogP contribution in [-0.2, 0) is 6.54 Å². The van der Waals surface area contributed by atoms with Gasteiger partial charge in [-0.05, 0) is 29.7 Å². The van der Waals surface area contributed by atoms with Gasteiger partial charge in [-0.3, -0.25) is 24.1 Å². The number of H-pyrrole nitrogens is 1. The molecule has 0 fully saturated rings. The van der Waals surface area contributed by atoms with E-state index in [0.29, 0.717) is 11.6 Å². The normalized spacial score (nSPS) is 11.0. The highest BCUT2D eigenvalue weighted by molar-refractivity contribution is 6.08. The first-order valence-corrected chi connectivity index (χ1v) is 8.54. The molecule has 2 aromatic heterocycles. The van der Waals surface area contributed by atoms with Crippen molar-refractivity contribution in [2.24, 2.45) is 0 Å². The SMILES string of the molecule is CC(C)c1c(C(=O)c2cc(F)cc(F)c2)n(Cc2cccnc2)c(=O)[nH]c1=O. The fraction of sp³-hybridized carbons (Fsp3) is 0.200. The van der Waals surface area contributed by atoms with Gasteiger partial charge in [-0.25, -0.2) is 13.6 Å². The number of benzene rings is 1. The Balaban J connectivity index is 2.28. The molecule has 0 radical (unpaired) electrons. The molecule has 3 rings (SSSR count). The number of pyridine rings is 1. The van der Waals surface area contributed by atoms with Crippen LogP contribution in [0.4, 0.5) is 8.78 Å². The van der Waals surface area contributed by atoms with E-state index in [1.54, 1.807) is 32.2 Å².